The molecule has 0 saturated heterocycles. The zero-order valence-corrected chi connectivity index (χ0v) is 11.9. The van der Waals surface area contributed by atoms with E-state index < -0.39 is 16.1 Å². The van der Waals surface area contributed by atoms with Crippen LogP contribution in [0.4, 0.5) is 5.69 Å². The molecule has 0 amide bonds. The first-order chi connectivity index (χ1) is 8.90. The van der Waals surface area contributed by atoms with E-state index in [4.69, 9.17) is 17.3 Å². The van der Waals surface area contributed by atoms with E-state index in [-0.39, 0.29) is 23.0 Å². The summed E-state index contributed by atoms with van der Waals surface area (Å²) in [6.45, 7) is 0.242. The molecule has 19 heavy (non-hydrogen) atoms. The Kier molecular flexibility index (Phi) is 4.35. The Morgan fingerprint density at radius 3 is 2.74 bits per heavy atom. The number of sulfonamides is 1. The molecular weight excluding hydrogens is 288 g/mol. The zero-order chi connectivity index (χ0) is 14.0. The van der Waals surface area contributed by atoms with Gasteiger partial charge in [-0.25, -0.2) is 13.1 Å². The van der Waals surface area contributed by atoms with Gasteiger partial charge in [-0.05, 0) is 37.0 Å². The van der Waals surface area contributed by atoms with Gasteiger partial charge in [0.15, 0.2) is 0 Å². The fourth-order valence-corrected chi connectivity index (χ4v) is 3.49. The third-order valence-corrected chi connectivity index (χ3v) is 5.20. The van der Waals surface area contributed by atoms with E-state index in [1.807, 2.05) is 0 Å². The van der Waals surface area contributed by atoms with Crippen LogP contribution in [0.25, 0.3) is 0 Å². The summed E-state index contributed by atoms with van der Waals surface area (Å²) in [4.78, 5) is 0.0851. The Balaban J connectivity index is 2.07. The number of anilines is 1. The highest BCUT2D eigenvalue weighted by Gasteiger charge is 2.27. The number of hydrogen-bond donors (Lipinski definition) is 3. The summed E-state index contributed by atoms with van der Waals surface area (Å²) in [5.74, 6) is -0.0144. The van der Waals surface area contributed by atoms with E-state index >= 15 is 0 Å². The maximum Gasteiger partial charge on any atom is 0.240 e. The first-order valence-corrected chi connectivity index (χ1v) is 7.99. The van der Waals surface area contributed by atoms with Crippen LogP contribution in [0.1, 0.15) is 19.3 Å². The van der Waals surface area contributed by atoms with E-state index in [1.54, 1.807) is 0 Å². The van der Waals surface area contributed by atoms with Gasteiger partial charge in [0.25, 0.3) is 0 Å². The van der Waals surface area contributed by atoms with Crippen molar-refractivity contribution in [3.05, 3.63) is 23.2 Å². The van der Waals surface area contributed by atoms with Gasteiger partial charge in [-0.3, -0.25) is 0 Å². The second kappa shape index (κ2) is 5.66. The third kappa shape index (κ3) is 3.39. The molecule has 0 radical (unpaired) electrons. The fraction of sp³-hybridized carbons (Fsp3) is 0.500. The molecule has 1 aromatic rings. The second-order valence-corrected chi connectivity index (χ2v) is 6.97. The molecule has 0 bridgehead atoms. The molecule has 5 nitrogen and oxygen atoms in total. The van der Waals surface area contributed by atoms with Gasteiger partial charge in [0.05, 0.1) is 21.7 Å². The van der Waals surface area contributed by atoms with Gasteiger partial charge in [0.2, 0.25) is 10.0 Å². The van der Waals surface area contributed by atoms with Crippen molar-refractivity contribution in [3.63, 3.8) is 0 Å². The van der Waals surface area contributed by atoms with Gasteiger partial charge >= 0.3 is 0 Å². The van der Waals surface area contributed by atoms with Crippen LogP contribution in [-0.4, -0.2) is 26.2 Å². The quantitative estimate of drug-likeness (QED) is 0.732. The molecule has 1 fully saturated rings. The molecule has 1 saturated carbocycles. The van der Waals surface area contributed by atoms with E-state index in [0.29, 0.717) is 5.02 Å². The average Bonchev–Trinajstić information content (AvgIpc) is 2.76. The first-order valence-electron chi connectivity index (χ1n) is 6.13. The Bertz CT molecular complexity index is 562. The van der Waals surface area contributed by atoms with Crippen LogP contribution >= 0.6 is 11.6 Å². The van der Waals surface area contributed by atoms with Crippen LogP contribution in [0.15, 0.2) is 23.1 Å². The Hall–Kier alpha value is -0.820. The van der Waals surface area contributed by atoms with Crippen molar-refractivity contribution in [2.75, 3.05) is 12.3 Å². The normalized spacial score (nSPS) is 23.7. The van der Waals surface area contributed by atoms with E-state index in [2.05, 4.69) is 4.72 Å². The molecule has 0 heterocycles. The van der Waals surface area contributed by atoms with Gasteiger partial charge < -0.3 is 10.8 Å². The lowest BCUT2D eigenvalue weighted by molar-refractivity contribution is 0.134. The van der Waals surface area contributed by atoms with Crippen molar-refractivity contribution >= 4 is 27.3 Å². The van der Waals surface area contributed by atoms with Gasteiger partial charge in [0, 0.05) is 6.54 Å². The van der Waals surface area contributed by atoms with Gasteiger partial charge in [-0.2, -0.15) is 0 Å². The molecule has 2 atom stereocenters. The first kappa shape index (κ1) is 14.6. The number of nitrogens with two attached hydrogens (primary N) is 1. The Morgan fingerprint density at radius 1 is 1.42 bits per heavy atom. The largest absolute Gasteiger partial charge is 0.397 e. The minimum Gasteiger partial charge on any atom is -0.397 e. The molecule has 0 aromatic heterocycles. The maximum atomic E-state index is 12.1. The van der Waals surface area contributed by atoms with Gasteiger partial charge in [0.1, 0.15) is 0 Å². The van der Waals surface area contributed by atoms with E-state index in [1.165, 1.54) is 18.2 Å². The highest BCUT2D eigenvalue weighted by Crippen LogP contribution is 2.26. The summed E-state index contributed by atoms with van der Waals surface area (Å²) < 4.78 is 26.6. The topological polar surface area (TPSA) is 92.4 Å². The van der Waals surface area contributed by atoms with Crippen LogP contribution < -0.4 is 10.5 Å². The van der Waals surface area contributed by atoms with Crippen molar-refractivity contribution in [3.8, 4) is 0 Å². The van der Waals surface area contributed by atoms with E-state index in [9.17, 15) is 13.5 Å². The number of benzene rings is 1. The summed E-state index contributed by atoms with van der Waals surface area (Å²) >= 11 is 5.76. The molecule has 4 N–H and O–H groups in total. The minimum absolute atomic E-state index is 0.0144. The zero-order valence-electron chi connectivity index (χ0n) is 10.3. The highest BCUT2D eigenvalue weighted by atomic mass is 35.5. The number of aliphatic hydroxyl groups excluding tert-OH is 1. The predicted octanol–water partition coefficient (Wildman–Crippen LogP) is 1.36. The summed E-state index contributed by atoms with van der Waals surface area (Å²) in [5, 5.41) is 9.99. The summed E-state index contributed by atoms with van der Waals surface area (Å²) in [6.07, 6.45) is 2.09. The number of hydrogen-bond acceptors (Lipinski definition) is 4. The summed E-state index contributed by atoms with van der Waals surface area (Å²) in [7, 11) is -3.61. The lowest BCUT2D eigenvalue weighted by atomic mass is 10.1. The molecule has 106 valence electrons. The van der Waals surface area contributed by atoms with Crippen LogP contribution in [-0.2, 0) is 10.0 Å². The molecule has 0 aliphatic heterocycles. The standard InChI is InChI=1S/C12H17ClN2O3S/c13-10-5-4-9(6-11(10)14)19(17,18)15-7-8-2-1-3-12(8)16/h4-6,8,12,15-16H,1-3,7,14H2. The van der Waals surface area contributed by atoms with Crippen LogP contribution in [0, 0.1) is 5.92 Å². The lowest BCUT2D eigenvalue weighted by Gasteiger charge is -2.15. The SMILES string of the molecule is Nc1cc(S(=O)(=O)NCC2CCCC2O)ccc1Cl. The highest BCUT2D eigenvalue weighted by molar-refractivity contribution is 7.89. The molecule has 1 aliphatic rings. The molecule has 2 rings (SSSR count). The second-order valence-electron chi connectivity index (χ2n) is 4.79. The van der Waals surface area contributed by atoms with Crippen LogP contribution in [0.5, 0.6) is 0 Å². The lowest BCUT2D eigenvalue weighted by Crippen LogP contribution is -2.32. The maximum absolute atomic E-state index is 12.1. The van der Waals surface area contributed by atoms with Crippen molar-refractivity contribution in [2.45, 2.75) is 30.3 Å². The van der Waals surface area contributed by atoms with Gasteiger partial charge in [-0.1, -0.05) is 18.0 Å². The monoisotopic (exact) mass is 304 g/mol. The number of halogens is 1. The third-order valence-electron chi connectivity index (χ3n) is 3.43. The van der Waals surface area contributed by atoms with E-state index in [0.717, 1.165) is 19.3 Å². The molecule has 0 spiro atoms. The van der Waals surface area contributed by atoms with Crippen molar-refractivity contribution in [1.82, 2.24) is 4.72 Å². The van der Waals surface area contributed by atoms with Crippen LogP contribution in [0.3, 0.4) is 0 Å². The number of nitrogens with one attached hydrogen (secondary N) is 1. The Labute approximate surface area is 117 Å². The molecular formula is C12H17ClN2O3S. The molecule has 7 heteroatoms. The number of rotatable bonds is 4. The van der Waals surface area contributed by atoms with Crippen molar-refractivity contribution in [2.24, 2.45) is 5.92 Å². The average molecular weight is 305 g/mol. The summed E-state index contributed by atoms with van der Waals surface area (Å²) in [5.41, 5.74) is 5.82. The summed E-state index contributed by atoms with van der Waals surface area (Å²) in [6, 6.07) is 4.19. The molecule has 2 unspecified atom stereocenters. The number of aliphatic hydroxyl groups is 1. The van der Waals surface area contributed by atoms with Crippen molar-refractivity contribution < 1.29 is 13.5 Å². The molecule has 1 aliphatic carbocycles. The van der Waals surface area contributed by atoms with Gasteiger partial charge in [-0.15, -0.1) is 0 Å². The Morgan fingerprint density at radius 2 is 2.16 bits per heavy atom. The minimum atomic E-state index is -3.61. The number of nitrogen functional groups attached to an aromatic ring is 1. The smallest absolute Gasteiger partial charge is 0.240 e. The fourth-order valence-electron chi connectivity index (χ4n) is 2.24. The van der Waals surface area contributed by atoms with Crippen LogP contribution in [0.2, 0.25) is 5.02 Å². The van der Waals surface area contributed by atoms with Crippen molar-refractivity contribution in [1.29, 1.82) is 0 Å². The predicted molar refractivity (Wildman–Crippen MR) is 74.4 cm³/mol. The molecule has 1 aromatic carbocycles.